The Kier molecular flexibility index (Phi) is 6.46. The number of nitrogens with zero attached hydrogens (tertiary/aromatic N) is 1. The summed E-state index contributed by atoms with van der Waals surface area (Å²) in [7, 11) is 0. The van der Waals surface area contributed by atoms with Gasteiger partial charge in [0.25, 0.3) is 0 Å². The van der Waals surface area contributed by atoms with Gasteiger partial charge in [-0.1, -0.05) is 27.2 Å². The van der Waals surface area contributed by atoms with Crippen LogP contribution in [0.4, 0.5) is 0 Å². The van der Waals surface area contributed by atoms with Crippen molar-refractivity contribution in [2.75, 3.05) is 13.1 Å². The maximum absolute atomic E-state index is 6.30. The minimum Gasteiger partial charge on any atom is -0.324 e. The van der Waals surface area contributed by atoms with Gasteiger partial charge in [0.2, 0.25) is 0 Å². The standard InChI is InChI=1S/C13H30N2/c1-7-8-13(6,14)10-15(12(4)5)9-11(2)3/h11-12H,7-10,14H2,1-6H3. The van der Waals surface area contributed by atoms with Gasteiger partial charge in [-0.25, -0.2) is 0 Å². The molecule has 0 bridgehead atoms. The summed E-state index contributed by atoms with van der Waals surface area (Å²) in [5, 5.41) is 0. The molecule has 0 heterocycles. The van der Waals surface area contributed by atoms with Crippen molar-refractivity contribution < 1.29 is 0 Å². The van der Waals surface area contributed by atoms with Gasteiger partial charge in [-0.05, 0) is 33.1 Å². The highest BCUT2D eigenvalue weighted by Crippen LogP contribution is 2.14. The van der Waals surface area contributed by atoms with Gasteiger partial charge in [0.1, 0.15) is 0 Å². The predicted octanol–water partition coefficient (Wildman–Crippen LogP) is 2.87. The summed E-state index contributed by atoms with van der Waals surface area (Å²) in [5.41, 5.74) is 6.27. The van der Waals surface area contributed by atoms with Crippen molar-refractivity contribution in [1.82, 2.24) is 4.90 Å². The third-order valence-electron chi connectivity index (χ3n) is 2.72. The molecular weight excluding hydrogens is 184 g/mol. The Morgan fingerprint density at radius 2 is 1.73 bits per heavy atom. The van der Waals surface area contributed by atoms with Crippen LogP contribution in [0.25, 0.3) is 0 Å². The zero-order valence-corrected chi connectivity index (χ0v) is 11.5. The van der Waals surface area contributed by atoms with E-state index in [4.69, 9.17) is 5.73 Å². The molecule has 0 aromatic heterocycles. The van der Waals surface area contributed by atoms with E-state index in [9.17, 15) is 0 Å². The number of hydrogen-bond acceptors (Lipinski definition) is 2. The first-order valence-corrected chi connectivity index (χ1v) is 6.31. The molecular formula is C13H30N2. The van der Waals surface area contributed by atoms with E-state index in [0.29, 0.717) is 12.0 Å². The second kappa shape index (κ2) is 6.49. The molecule has 2 heteroatoms. The average molecular weight is 214 g/mol. The Bertz CT molecular complexity index is 162. The van der Waals surface area contributed by atoms with Crippen LogP contribution in [-0.4, -0.2) is 29.6 Å². The van der Waals surface area contributed by atoms with Crippen LogP contribution in [0.5, 0.6) is 0 Å². The molecule has 0 amide bonds. The van der Waals surface area contributed by atoms with Crippen molar-refractivity contribution in [3.05, 3.63) is 0 Å². The third kappa shape index (κ3) is 6.91. The van der Waals surface area contributed by atoms with Gasteiger partial charge < -0.3 is 5.73 Å². The van der Waals surface area contributed by atoms with E-state index >= 15 is 0 Å². The summed E-state index contributed by atoms with van der Waals surface area (Å²) in [5.74, 6) is 0.713. The Morgan fingerprint density at radius 3 is 2.07 bits per heavy atom. The summed E-state index contributed by atoms with van der Waals surface area (Å²) in [4.78, 5) is 2.50. The highest BCUT2D eigenvalue weighted by atomic mass is 15.2. The molecule has 0 saturated heterocycles. The zero-order chi connectivity index (χ0) is 12.1. The van der Waals surface area contributed by atoms with Crippen LogP contribution in [0, 0.1) is 5.92 Å². The van der Waals surface area contributed by atoms with Gasteiger partial charge in [0, 0.05) is 24.7 Å². The maximum atomic E-state index is 6.30. The summed E-state index contributed by atoms with van der Waals surface area (Å²) in [6.07, 6.45) is 2.27. The topological polar surface area (TPSA) is 29.3 Å². The first kappa shape index (κ1) is 14.9. The maximum Gasteiger partial charge on any atom is 0.0254 e. The highest BCUT2D eigenvalue weighted by Gasteiger charge is 2.23. The summed E-state index contributed by atoms with van der Waals surface area (Å²) in [6, 6.07) is 0.590. The molecule has 0 rings (SSSR count). The van der Waals surface area contributed by atoms with Gasteiger partial charge in [0.15, 0.2) is 0 Å². The lowest BCUT2D eigenvalue weighted by Crippen LogP contribution is -2.50. The fourth-order valence-corrected chi connectivity index (χ4v) is 2.04. The van der Waals surface area contributed by atoms with Crippen molar-refractivity contribution in [2.45, 2.75) is 66.0 Å². The largest absolute Gasteiger partial charge is 0.324 e. The molecule has 0 aliphatic heterocycles. The monoisotopic (exact) mass is 214 g/mol. The molecule has 0 saturated carbocycles. The molecule has 0 fully saturated rings. The third-order valence-corrected chi connectivity index (χ3v) is 2.72. The Balaban J connectivity index is 4.26. The van der Waals surface area contributed by atoms with E-state index in [-0.39, 0.29) is 5.54 Å². The second-order valence-electron chi connectivity index (χ2n) is 5.82. The van der Waals surface area contributed by atoms with Gasteiger partial charge in [-0.3, -0.25) is 4.90 Å². The lowest BCUT2D eigenvalue weighted by Gasteiger charge is -2.36. The van der Waals surface area contributed by atoms with Crippen molar-refractivity contribution in [1.29, 1.82) is 0 Å². The van der Waals surface area contributed by atoms with Crippen LogP contribution >= 0.6 is 0 Å². The van der Waals surface area contributed by atoms with Crippen LogP contribution < -0.4 is 5.73 Å². The lowest BCUT2D eigenvalue weighted by atomic mass is 9.96. The molecule has 2 nitrogen and oxygen atoms in total. The first-order chi connectivity index (χ1) is 6.78. The minimum absolute atomic E-state index is 0.0338. The minimum atomic E-state index is -0.0338. The Labute approximate surface area is 96.2 Å². The number of rotatable bonds is 7. The molecule has 2 N–H and O–H groups in total. The molecule has 0 spiro atoms. The Hall–Kier alpha value is -0.0800. The molecule has 0 aromatic carbocycles. The molecule has 1 unspecified atom stereocenters. The smallest absolute Gasteiger partial charge is 0.0254 e. The van der Waals surface area contributed by atoms with E-state index < -0.39 is 0 Å². The number of hydrogen-bond donors (Lipinski definition) is 1. The first-order valence-electron chi connectivity index (χ1n) is 6.31. The second-order valence-corrected chi connectivity index (χ2v) is 5.82. The normalized spacial score (nSPS) is 16.4. The fraction of sp³-hybridized carbons (Fsp3) is 1.00. The van der Waals surface area contributed by atoms with Crippen molar-refractivity contribution in [3.63, 3.8) is 0 Å². The summed E-state index contributed by atoms with van der Waals surface area (Å²) >= 11 is 0. The van der Waals surface area contributed by atoms with Crippen LogP contribution in [-0.2, 0) is 0 Å². The van der Waals surface area contributed by atoms with Crippen LogP contribution in [0.3, 0.4) is 0 Å². The van der Waals surface area contributed by atoms with Gasteiger partial charge in [0.05, 0.1) is 0 Å². The SMILES string of the molecule is CCCC(C)(N)CN(CC(C)C)C(C)C. The lowest BCUT2D eigenvalue weighted by molar-refractivity contribution is 0.154. The van der Waals surface area contributed by atoms with E-state index in [1.165, 1.54) is 6.42 Å². The van der Waals surface area contributed by atoms with Crippen LogP contribution in [0.1, 0.15) is 54.4 Å². The van der Waals surface area contributed by atoms with E-state index in [1.807, 2.05) is 0 Å². The fourth-order valence-electron chi connectivity index (χ4n) is 2.04. The molecule has 0 radical (unpaired) electrons. The van der Waals surface area contributed by atoms with Gasteiger partial charge in [-0.15, -0.1) is 0 Å². The molecule has 0 aliphatic rings. The molecule has 92 valence electrons. The zero-order valence-electron chi connectivity index (χ0n) is 11.5. The quantitative estimate of drug-likeness (QED) is 0.706. The van der Waals surface area contributed by atoms with E-state index in [2.05, 4.69) is 46.4 Å². The summed E-state index contributed by atoms with van der Waals surface area (Å²) < 4.78 is 0. The molecule has 0 aromatic rings. The van der Waals surface area contributed by atoms with Crippen LogP contribution in [0.15, 0.2) is 0 Å². The summed E-state index contributed by atoms with van der Waals surface area (Å²) in [6.45, 7) is 15.6. The molecule has 15 heavy (non-hydrogen) atoms. The van der Waals surface area contributed by atoms with Crippen molar-refractivity contribution in [3.8, 4) is 0 Å². The van der Waals surface area contributed by atoms with Gasteiger partial charge >= 0.3 is 0 Å². The highest BCUT2D eigenvalue weighted by molar-refractivity contribution is 4.83. The molecule has 0 aliphatic carbocycles. The Morgan fingerprint density at radius 1 is 1.20 bits per heavy atom. The molecule has 1 atom stereocenters. The number of nitrogens with two attached hydrogens (primary N) is 1. The van der Waals surface area contributed by atoms with E-state index in [0.717, 1.165) is 19.5 Å². The van der Waals surface area contributed by atoms with Crippen molar-refractivity contribution >= 4 is 0 Å². The van der Waals surface area contributed by atoms with Gasteiger partial charge in [-0.2, -0.15) is 0 Å². The van der Waals surface area contributed by atoms with E-state index in [1.54, 1.807) is 0 Å². The predicted molar refractivity (Wildman–Crippen MR) is 69.0 cm³/mol. The van der Waals surface area contributed by atoms with Crippen molar-refractivity contribution in [2.24, 2.45) is 11.7 Å². The van der Waals surface area contributed by atoms with Crippen LogP contribution in [0.2, 0.25) is 0 Å². The average Bonchev–Trinajstić information content (AvgIpc) is 2.00.